The van der Waals surface area contributed by atoms with Gasteiger partial charge in [0.05, 0.1) is 3.53 Å². The fourth-order valence-electron chi connectivity index (χ4n) is 0. The molecule has 7 heteroatoms. The molecule has 48 valence electrons. The van der Waals surface area contributed by atoms with Crippen molar-refractivity contribution in [1.82, 2.24) is 0 Å². The zero-order chi connectivity index (χ0) is 7.15. The molecule has 0 aliphatic rings. The van der Waals surface area contributed by atoms with E-state index in [0.29, 0.717) is 3.53 Å². The number of hydrogen-bond donors (Lipinski definition) is 4. The third kappa shape index (κ3) is 350. The molecule has 8 heavy (non-hydrogen) atoms. The predicted octanol–water partition coefficient (Wildman–Crippen LogP) is 0.759. The van der Waals surface area contributed by atoms with E-state index in [-0.39, 0.29) is 0 Å². The van der Waals surface area contributed by atoms with Crippen LogP contribution in [0.25, 0.3) is 0 Å². The van der Waals surface area contributed by atoms with Crippen molar-refractivity contribution in [3.8, 4) is 0 Å². The number of rotatable bonds is 0. The second kappa shape index (κ2) is 7.81. The van der Waals surface area contributed by atoms with Gasteiger partial charge in [-0.25, -0.2) is 0 Å². The minimum Gasteiger partial charge on any atom is -0.134 e. The van der Waals surface area contributed by atoms with Crippen LogP contribution in [-0.4, -0.2) is 13.3 Å². The van der Waals surface area contributed by atoms with E-state index < -0.39 is 8.25 Å². The normalized spacial score (nSPS) is 6.50. The fraction of sp³-hybridized carbons (Fsp3) is 0. The minimum atomic E-state index is -2.87. The first-order valence-corrected chi connectivity index (χ1v) is 3.70. The Labute approximate surface area is 63.9 Å². The molecule has 0 saturated heterocycles. The lowest BCUT2D eigenvalue weighted by molar-refractivity contribution is 0.405. The maximum atomic E-state index is 8.70. The Hall–Kier alpha value is 0.810. The quantitative estimate of drug-likeness (QED) is 0.259. The molecule has 0 radical (unpaired) electrons. The molecule has 0 aliphatic carbocycles. The zero-order valence-corrected chi connectivity index (χ0v) is 7.05. The van der Waals surface area contributed by atoms with Crippen LogP contribution in [0.3, 0.4) is 0 Å². The van der Waals surface area contributed by atoms with Gasteiger partial charge in [0.15, 0.2) is 0 Å². The Morgan fingerprint density at radius 3 is 1.50 bits per heavy atom. The summed E-state index contributed by atoms with van der Waals surface area (Å²) in [5, 5.41) is 0. The number of thiocarbonyl (C=S) groups is 1. The van der Waals surface area contributed by atoms with Crippen LogP contribution in [0.4, 0.5) is 0 Å². The molecule has 0 spiro atoms. The van der Waals surface area contributed by atoms with E-state index in [4.69, 9.17) is 14.4 Å². The van der Waals surface area contributed by atoms with Gasteiger partial charge < -0.3 is 0 Å². The molecule has 0 atom stereocenters. The largest absolute Gasteiger partial charge is 0.692 e. The molecule has 0 fully saturated rings. The van der Waals surface area contributed by atoms with Crippen LogP contribution in [0.2, 0.25) is 0 Å². The minimum absolute atomic E-state index is 0.389. The molecular weight excluding hydrogens is 187 g/mol. The van der Waals surface area contributed by atoms with Crippen molar-refractivity contribution in [3.05, 3.63) is 0 Å². The third-order valence-corrected chi connectivity index (χ3v) is 0. The maximum absolute atomic E-state index is 8.70. The van der Waals surface area contributed by atoms with Crippen LogP contribution in [0.1, 0.15) is 0 Å². The first kappa shape index (κ1) is 11.6. The Morgan fingerprint density at radius 1 is 1.50 bits per heavy atom. The lowest BCUT2D eigenvalue weighted by Crippen LogP contribution is -1.46. The average Bonchev–Trinajstić information content (AvgIpc) is 1.25. The number of hydrogen-bond acceptors (Lipinski definition) is 2. The van der Waals surface area contributed by atoms with E-state index in [9.17, 15) is 0 Å². The zero-order valence-electron chi connectivity index (χ0n) is 3.55. The van der Waals surface area contributed by atoms with Gasteiger partial charge in [0.25, 0.3) is 0 Å². The maximum Gasteiger partial charge on any atom is 0.692 e. The summed E-state index contributed by atoms with van der Waals surface area (Å²) in [6, 6.07) is 0. The van der Waals surface area contributed by atoms with Crippen LogP contribution in [-0.2, 0) is 4.57 Å². The van der Waals surface area contributed by atoms with Gasteiger partial charge in [-0.3, -0.25) is 0 Å². The van der Waals surface area contributed by atoms with Crippen molar-refractivity contribution in [2.45, 2.75) is 0 Å². The summed E-state index contributed by atoms with van der Waals surface area (Å²) in [5.41, 5.74) is 0. The first-order valence-electron chi connectivity index (χ1n) is 1.23. The van der Waals surface area contributed by atoms with E-state index in [0.717, 1.165) is 0 Å². The van der Waals surface area contributed by atoms with Gasteiger partial charge in [0.1, 0.15) is 0 Å². The molecule has 0 unspecified atom stereocenters. The Morgan fingerprint density at radius 2 is 1.50 bits per heavy atom. The average molecular weight is 191 g/mol. The van der Waals surface area contributed by atoms with Crippen molar-refractivity contribution in [1.29, 1.82) is 0 Å². The van der Waals surface area contributed by atoms with Crippen LogP contribution in [0.5, 0.6) is 0 Å². The second-order valence-electron chi connectivity index (χ2n) is 0.535. The monoisotopic (exact) mass is 191 g/mol. The standard InChI is InChI=1S/CH2S3.HO3P/c2-1(3)4;1-4(2)3/h(H2,2,3,4);(H-,1,2,3)/p+1. The lowest BCUT2D eigenvalue weighted by atomic mass is 11.9. The molecule has 0 bridgehead atoms. The van der Waals surface area contributed by atoms with E-state index in [2.05, 4.69) is 37.5 Å². The van der Waals surface area contributed by atoms with Crippen molar-refractivity contribution >= 4 is 49.3 Å². The van der Waals surface area contributed by atoms with Gasteiger partial charge in [0, 0.05) is 4.57 Å². The van der Waals surface area contributed by atoms with Gasteiger partial charge in [-0.2, -0.15) is 0 Å². The summed E-state index contributed by atoms with van der Waals surface area (Å²) in [6.07, 6.45) is 0. The summed E-state index contributed by atoms with van der Waals surface area (Å²) in [6.45, 7) is 0. The van der Waals surface area contributed by atoms with E-state index >= 15 is 0 Å². The summed E-state index contributed by atoms with van der Waals surface area (Å²) in [4.78, 5) is 14.2. The first-order chi connectivity index (χ1) is 3.46. The molecule has 0 heterocycles. The van der Waals surface area contributed by atoms with E-state index in [1.807, 2.05) is 0 Å². The van der Waals surface area contributed by atoms with Crippen molar-refractivity contribution in [2.75, 3.05) is 0 Å². The summed E-state index contributed by atoms with van der Waals surface area (Å²) < 4.78 is 9.09. The van der Waals surface area contributed by atoms with Gasteiger partial charge in [-0.1, -0.05) is 12.2 Å². The van der Waals surface area contributed by atoms with Crippen LogP contribution >= 0.6 is 45.7 Å². The third-order valence-electron chi connectivity index (χ3n) is 0. The van der Waals surface area contributed by atoms with Crippen molar-refractivity contribution in [3.63, 3.8) is 0 Å². The molecule has 0 saturated carbocycles. The lowest BCUT2D eigenvalue weighted by Gasteiger charge is -1.59. The highest BCUT2D eigenvalue weighted by atomic mass is 32.2. The molecular formula is CH4O3PS3+. The Kier molecular flexibility index (Phi) is 11.3. The van der Waals surface area contributed by atoms with Gasteiger partial charge in [-0.15, -0.1) is 35.0 Å². The molecule has 0 aromatic carbocycles. The van der Waals surface area contributed by atoms with Crippen LogP contribution < -0.4 is 0 Å². The number of thiol groups is 2. The molecule has 0 aliphatic heterocycles. The van der Waals surface area contributed by atoms with Crippen molar-refractivity contribution in [2.24, 2.45) is 0 Å². The molecule has 2 N–H and O–H groups in total. The molecule has 0 aromatic heterocycles. The predicted molar refractivity (Wildman–Crippen MR) is 42.6 cm³/mol. The highest BCUT2D eigenvalue weighted by molar-refractivity contribution is 8.34. The second-order valence-corrected chi connectivity index (χ2v) is 3.30. The summed E-state index contributed by atoms with van der Waals surface area (Å²) in [5.74, 6) is 0. The van der Waals surface area contributed by atoms with Crippen LogP contribution in [0, 0.1) is 0 Å². The van der Waals surface area contributed by atoms with E-state index in [1.165, 1.54) is 0 Å². The Bertz CT molecular complexity index is 72.5. The molecule has 0 amide bonds. The molecule has 3 nitrogen and oxygen atoms in total. The fourth-order valence-corrected chi connectivity index (χ4v) is 0. The molecule has 0 aromatic rings. The van der Waals surface area contributed by atoms with Crippen LogP contribution in [0.15, 0.2) is 0 Å². The van der Waals surface area contributed by atoms with E-state index in [1.54, 1.807) is 0 Å². The molecule has 0 rings (SSSR count). The van der Waals surface area contributed by atoms with Gasteiger partial charge in [0.2, 0.25) is 0 Å². The van der Waals surface area contributed by atoms with Gasteiger partial charge in [-0.05, 0) is 0 Å². The summed E-state index contributed by atoms with van der Waals surface area (Å²) >= 11 is 11.4. The SMILES string of the molecule is O=[P+](O)O.S=C(S)S. The highest BCUT2D eigenvalue weighted by Crippen LogP contribution is 1.98. The topological polar surface area (TPSA) is 57.5 Å². The summed E-state index contributed by atoms with van der Waals surface area (Å²) in [7, 11) is -2.87. The highest BCUT2D eigenvalue weighted by Gasteiger charge is 1.93. The van der Waals surface area contributed by atoms with Crippen molar-refractivity contribution < 1.29 is 14.4 Å². The van der Waals surface area contributed by atoms with Gasteiger partial charge >= 0.3 is 8.25 Å². The smallest absolute Gasteiger partial charge is 0.134 e. The Balaban J connectivity index is 0.